The lowest BCUT2D eigenvalue weighted by atomic mass is 9.94. The van der Waals surface area contributed by atoms with Gasteiger partial charge in [0.25, 0.3) is 0 Å². The number of carbonyl (C=O) groups excluding carboxylic acids is 2. The molecule has 0 spiro atoms. The van der Waals surface area contributed by atoms with Gasteiger partial charge in [-0.25, -0.2) is 12.7 Å². The summed E-state index contributed by atoms with van der Waals surface area (Å²) in [6, 6.07) is 0. The van der Waals surface area contributed by atoms with Crippen LogP contribution in [0.15, 0.2) is 0 Å². The summed E-state index contributed by atoms with van der Waals surface area (Å²) in [4.78, 5) is 24.9. The number of nitrogens with two attached hydrogens (primary N) is 1. The van der Waals surface area contributed by atoms with Crippen LogP contribution in [0.25, 0.3) is 0 Å². The molecule has 108 valence electrons. The Morgan fingerprint density at radius 3 is 2.05 bits per heavy atom. The number of rotatable bonds is 3. The van der Waals surface area contributed by atoms with E-state index in [4.69, 9.17) is 5.73 Å². The minimum absolute atomic E-state index is 0.0113. The van der Waals surface area contributed by atoms with E-state index in [2.05, 4.69) is 0 Å². The van der Waals surface area contributed by atoms with Gasteiger partial charge in [-0.1, -0.05) is 0 Å². The van der Waals surface area contributed by atoms with E-state index in [9.17, 15) is 18.0 Å². The van der Waals surface area contributed by atoms with E-state index in [-0.39, 0.29) is 36.7 Å². The van der Waals surface area contributed by atoms with Crippen LogP contribution in [0.3, 0.4) is 0 Å². The first-order valence-electron chi connectivity index (χ1n) is 6.32. The first-order valence-corrected chi connectivity index (χ1v) is 8.17. The summed E-state index contributed by atoms with van der Waals surface area (Å²) in [5.41, 5.74) is 5.24. The molecule has 0 aromatic rings. The molecule has 0 bridgehead atoms. The van der Waals surface area contributed by atoms with Gasteiger partial charge >= 0.3 is 0 Å². The van der Waals surface area contributed by atoms with Gasteiger partial charge < -0.3 is 10.6 Å². The van der Waals surface area contributed by atoms with Gasteiger partial charge in [0.2, 0.25) is 21.8 Å². The second-order valence-electron chi connectivity index (χ2n) is 5.28. The third-order valence-corrected chi connectivity index (χ3v) is 5.11. The van der Waals surface area contributed by atoms with Crippen LogP contribution in [-0.2, 0) is 19.6 Å². The molecule has 7 nitrogen and oxygen atoms in total. The lowest BCUT2D eigenvalue weighted by Crippen LogP contribution is -2.57. The Bertz CT molecular complexity index is 476. The van der Waals surface area contributed by atoms with Crippen molar-refractivity contribution in [2.24, 2.45) is 17.6 Å². The number of amides is 2. The lowest BCUT2D eigenvalue weighted by Gasteiger charge is -2.40. The van der Waals surface area contributed by atoms with Crippen molar-refractivity contribution < 1.29 is 18.0 Å². The normalized spacial score (nSPS) is 23.1. The fraction of sp³-hybridized carbons (Fsp3) is 0.818. The van der Waals surface area contributed by atoms with E-state index < -0.39 is 10.0 Å². The van der Waals surface area contributed by atoms with Crippen LogP contribution in [0, 0.1) is 11.8 Å². The molecule has 0 aromatic carbocycles. The average molecular weight is 289 g/mol. The van der Waals surface area contributed by atoms with E-state index in [1.165, 1.54) is 4.31 Å². The van der Waals surface area contributed by atoms with Gasteiger partial charge in [-0.05, 0) is 12.8 Å². The largest absolute Gasteiger partial charge is 0.369 e. The van der Waals surface area contributed by atoms with Gasteiger partial charge in [0, 0.05) is 32.1 Å². The number of nitrogens with zero attached hydrogens (tertiary/aromatic N) is 2. The monoisotopic (exact) mass is 289 g/mol. The van der Waals surface area contributed by atoms with Crippen LogP contribution in [0.1, 0.15) is 12.8 Å². The second kappa shape index (κ2) is 5.09. The summed E-state index contributed by atoms with van der Waals surface area (Å²) in [6.07, 6.45) is 2.35. The number of hydrogen-bond donors (Lipinski definition) is 1. The summed E-state index contributed by atoms with van der Waals surface area (Å²) < 4.78 is 23.7. The maximum atomic E-state index is 12.1. The van der Waals surface area contributed by atoms with Gasteiger partial charge in [-0.15, -0.1) is 0 Å². The summed E-state index contributed by atoms with van der Waals surface area (Å²) >= 11 is 0. The van der Waals surface area contributed by atoms with Crippen LogP contribution in [-0.4, -0.2) is 61.9 Å². The predicted molar refractivity (Wildman–Crippen MR) is 68.4 cm³/mol. The van der Waals surface area contributed by atoms with E-state index in [0.717, 1.165) is 6.26 Å². The fourth-order valence-corrected chi connectivity index (χ4v) is 3.41. The molecule has 2 aliphatic heterocycles. The Balaban J connectivity index is 1.82. The molecule has 0 aromatic heterocycles. The molecule has 2 N–H and O–H groups in total. The SMILES string of the molecule is CS(=O)(=O)N1CC(C(=O)N2CCC(C(N)=O)CC2)C1. The van der Waals surface area contributed by atoms with E-state index in [1.807, 2.05) is 0 Å². The third-order valence-electron chi connectivity index (χ3n) is 3.88. The lowest BCUT2D eigenvalue weighted by molar-refractivity contribution is -0.141. The van der Waals surface area contributed by atoms with Crippen LogP contribution in [0.2, 0.25) is 0 Å². The molecular weight excluding hydrogens is 270 g/mol. The maximum absolute atomic E-state index is 12.1. The Morgan fingerprint density at radius 1 is 1.11 bits per heavy atom. The van der Waals surface area contributed by atoms with Crippen molar-refractivity contribution >= 4 is 21.8 Å². The van der Waals surface area contributed by atoms with Crippen LogP contribution in [0.5, 0.6) is 0 Å². The summed E-state index contributed by atoms with van der Waals surface area (Å²) in [7, 11) is -3.18. The van der Waals surface area contributed by atoms with Crippen molar-refractivity contribution in [2.45, 2.75) is 12.8 Å². The van der Waals surface area contributed by atoms with Crippen LogP contribution < -0.4 is 5.73 Å². The molecule has 2 rings (SSSR count). The second-order valence-corrected chi connectivity index (χ2v) is 7.26. The third kappa shape index (κ3) is 3.06. The zero-order valence-electron chi connectivity index (χ0n) is 10.9. The topological polar surface area (TPSA) is 101 Å². The van der Waals surface area contributed by atoms with E-state index in [0.29, 0.717) is 25.9 Å². The zero-order valence-corrected chi connectivity index (χ0v) is 11.7. The van der Waals surface area contributed by atoms with E-state index in [1.54, 1.807) is 4.90 Å². The number of likely N-dealkylation sites (tertiary alicyclic amines) is 1. The number of piperidine rings is 1. The van der Waals surface area contributed by atoms with Gasteiger partial charge in [-0.2, -0.15) is 0 Å². The van der Waals surface area contributed by atoms with Crippen molar-refractivity contribution in [1.29, 1.82) is 0 Å². The zero-order chi connectivity index (χ0) is 14.2. The molecule has 0 unspecified atom stereocenters. The molecule has 2 saturated heterocycles. The predicted octanol–water partition coefficient (Wildman–Crippen LogP) is -1.40. The summed E-state index contributed by atoms with van der Waals surface area (Å²) in [6.45, 7) is 1.60. The van der Waals surface area contributed by atoms with Crippen molar-refractivity contribution in [3.05, 3.63) is 0 Å². The van der Waals surface area contributed by atoms with Crippen LogP contribution in [0.4, 0.5) is 0 Å². The van der Waals surface area contributed by atoms with E-state index >= 15 is 0 Å². The molecule has 2 fully saturated rings. The molecule has 19 heavy (non-hydrogen) atoms. The average Bonchev–Trinajstić information content (AvgIpc) is 2.25. The van der Waals surface area contributed by atoms with Crippen molar-refractivity contribution in [2.75, 3.05) is 32.4 Å². The molecule has 0 aliphatic carbocycles. The first kappa shape index (κ1) is 14.3. The Kier molecular flexibility index (Phi) is 3.82. The van der Waals surface area contributed by atoms with Gasteiger partial charge in [-0.3, -0.25) is 9.59 Å². The number of carbonyl (C=O) groups is 2. The molecular formula is C11H19N3O4S. The van der Waals surface area contributed by atoms with Crippen molar-refractivity contribution in [3.8, 4) is 0 Å². The standard InChI is InChI=1S/C11H19N3O4S/c1-19(17,18)14-6-9(7-14)11(16)13-4-2-8(3-5-13)10(12)15/h8-9H,2-7H2,1H3,(H2,12,15). The Hall–Kier alpha value is -1.15. The minimum atomic E-state index is -3.18. The summed E-state index contributed by atoms with van der Waals surface area (Å²) in [5.74, 6) is -0.695. The van der Waals surface area contributed by atoms with Gasteiger partial charge in [0.15, 0.2) is 0 Å². The molecule has 0 atom stereocenters. The Labute approximate surface area is 112 Å². The molecule has 2 heterocycles. The molecule has 0 radical (unpaired) electrons. The highest BCUT2D eigenvalue weighted by molar-refractivity contribution is 7.88. The minimum Gasteiger partial charge on any atom is -0.369 e. The van der Waals surface area contributed by atoms with Gasteiger partial charge in [0.05, 0.1) is 12.2 Å². The summed E-state index contributed by atoms with van der Waals surface area (Å²) in [5, 5.41) is 0. The Morgan fingerprint density at radius 2 is 1.63 bits per heavy atom. The smallest absolute Gasteiger partial charge is 0.228 e. The first-order chi connectivity index (χ1) is 8.79. The quantitative estimate of drug-likeness (QED) is 0.690. The molecule has 0 saturated carbocycles. The molecule has 2 amide bonds. The van der Waals surface area contributed by atoms with Gasteiger partial charge in [0.1, 0.15) is 0 Å². The highest BCUT2D eigenvalue weighted by atomic mass is 32.2. The fourth-order valence-electron chi connectivity index (χ4n) is 2.51. The highest BCUT2D eigenvalue weighted by Gasteiger charge is 2.40. The molecule has 2 aliphatic rings. The molecule has 8 heteroatoms. The van der Waals surface area contributed by atoms with Crippen LogP contribution >= 0.6 is 0 Å². The number of sulfonamides is 1. The highest BCUT2D eigenvalue weighted by Crippen LogP contribution is 2.24. The number of hydrogen-bond acceptors (Lipinski definition) is 4. The van der Waals surface area contributed by atoms with Crippen molar-refractivity contribution in [1.82, 2.24) is 9.21 Å². The maximum Gasteiger partial charge on any atom is 0.228 e. The van der Waals surface area contributed by atoms with Crippen molar-refractivity contribution in [3.63, 3.8) is 0 Å². The number of primary amides is 1.